The number of nitrogens with zero attached hydrogens (tertiary/aromatic N) is 3. The zero-order valence-corrected chi connectivity index (χ0v) is 8.86. The number of rotatable bonds is 0. The topological polar surface area (TPSA) is 58.2 Å². The Balaban J connectivity index is 2.62. The van der Waals surface area contributed by atoms with Crippen LogP contribution in [0.2, 0.25) is 0 Å². The zero-order valence-electron chi connectivity index (χ0n) is 8.04. The predicted molar refractivity (Wildman–Crippen MR) is 61.6 cm³/mol. The molecule has 2 heterocycles. The van der Waals surface area contributed by atoms with Crippen molar-refractivity contribution >= 4 is 26.5 Å². The Hall–Kier alpha value is -2.19. The molecule has 5 heteroatoms. The minimum absolute atomic E-state index is 0.163. The predicted octanol–water partition coefficient (Wildman–Crippen LogP) is 1.78. The first-order valence-electron chi connectivity index (χ1n) is 4.61. The Morgan fingerprint density at radius 2 is 2.19 bits per heavy atom. The van der Waals surface area contributed by atoms with Gasteiger partial charge >= 0.3 is 0 Å². The van der Waals surface area contributed by atoms with Crippen LogP contribution in [0, 0.1) is 11.3 Å². The van der Waals surface area contributed by atoms with Crippen molar-refractivity contribution in [2.75, 3.05) is 0 Å². The summed E-state index contributed by atoms with van der Waals surface area (Å²) in [5.41, 5.74) is 0.792. The van der Waals surface area contributed by atoms with Gasteiger partial charge in [0.15, 0.2) is 4.96 Å². The molecule has 16 heavy (non-hydrogen) atoms. The van der Waals surface area contributed by atoms with E-state index in [0.717, 1.165) is 10.2 Å². The van der Waals surface area contributed by atoms with Crippen LogP contribution in [0.15, 0.2) is 35.1 Å². The molecule has 0 aliphatic heterocycles. The second kappa shape index (κ2) is 3.15. The van der Waals surface area contributed by atoms with Gasteiger partial charge in [0.1, 0.15) is 11.8 Å². The number of thiazole rings is 1. The normalized spacial score (nSPS) is 10.7. The molecule has 0 bridgehead atoms. The van der Waals surface area contributed by atoms with Gasteiger partial charge in [-0.3, -0.25) is 9.20 Å². The molecule has 1 aromatic carbocycles. The van der Waals surface area contributed by atoms with Crippen LogP contribution in [0.1, 0.15) is 5.69 Å². The van der Waals surface area contributed by atoms with E-state index in [4.69, 9.17) is 5.26 Å². The standard InChI is InChI=1S/C11H5N3OS/c12-6-7-5-10(15)14-8-3-1-2-4-9(8)16-11(14)13-7/h1-5H. The lowest BCUT2D eigenvalue weighted by Crippen LogP contribution is -2.12. The summed E-state index contributed by atoms with van der Waals surface area (Å²) in [4.78, 5) is 16.5. The number of para-hydroxylation sites is 1. The van der Waals surface area contributed by atoms with Crippen molar-refractivity contribution in [2.45, 2.75) is 0 Å². The highest BCUT2D eigenvalue weighted by molar-refractivity contribution is 7.23. The molecule has 0 atom stereocenters. The second-order valence-corrected chi connectivity index (χ2v) is 4.29. The average molecular weight is 227 g/mol. The first-order valence-corrected chi connectivity index (χ1v) is 5.43. The summed E-state index contributed by atoms with van der Waals surface area (Å²) in [6, 6.07) is 10.7. The largest absolute Gasteiger partial charge is 0.269 e. The van der Waals surface area contributed by atoms with Crippen LogP contribution in [0.5, 0.6) is 0 Å². The van der Waals surface area contributed by atoms with Gasteiger partial charge in [-0.05, 0) is 12.1 Å². The van der Waals surface area contributed by atoms with Crippen LogP contribution in [-0.4, -0.2) is 9.38 Å². The highest BCUT2D eigenvalue weighted by Crippen LogP contribution is 2.23. The number of fused-ring (bicyclic) bond motifs is 3. The number of benzene rings is 1. The highest BCUT2D eigenvalue weighted by atomic mass is 32.1. The lowest BCUT2D eigenvalue weighted by molar-refractivity contribution is 1.10. The molecule has 2 aromatic heterocycles. The molecule has 0 unspecified atom stereocenters. The van der Waals surface area contributed by atoms with Crippen molar-refractivity contribution < 1.29 is 0 Å². The quantitative estimate of drug-likeness (QED) is 0.588. The molecule has 0 aliphatic rings. The Labute approximate surface area is 94.0 Å². The van der Waals surface area contributed by atoms with Gasteiger partial charge in [0, 0.05) is 6.07 Å². The molecule has 3 aromatic rings. The first-order chi connectivity index (χ1) is 7.79. The maximum Gasteiger partial charge on any atom is 0.260 e. The molecule has 0 spiro atoms. The minimum atomic E-state index is -0.209. The summed E-state index contributed by atoms with van der Waals surface area (Å²) in [6.45, 7) is 0. The third-order valence-corrected chi connectivity index (χ3v) is 3.33. The lowest BCUT2D eigenvalue weighted by atomic mass is 10.3. The Bertz CT molecular complexity index is 794. The van der Waals surface area contributed by atoms with E-state index < -0.39 is 0 Å². The molecule has 4 nitrogen and oxygen atoms in total. The van der Waals surface area contributed by atoms with Crippen molar-refractivity contribution in [3.05, 3.63) is 46.4 Å². The Kier molecular flexibility index (Phi) is 1.79. The lowest BCUT2D eigenvalue weighted by Gasteiger charge is -1.93. The molecule has 0 radical (unpaired) electrons. The van der Waals surface area contributed by atoms with E-state index in [9.17, 15) is 4.79 Å². The van der Waals surface area contributed by atoms with Gasteiger partial charge in [-0.25, -0.2) is 4.98 Å². The molecular weight excluding hydrogens is 222 g/mol. The van der Waals surface area contributed by atoms with Crippen molar-refractivity contribution in [1.29, 1.82) is 5.26 Å². The summed E-state index contributed by atoms with van der Waals surface area (Å²) in [7, 11) is 0. The molecule has 0 amide bonds. The maximum absolute atomic E-state index is 11.8. The van der Waals surface area contributed by atoms with Crippen molar-refractivity contribution in [1.82, 2.24) is 9.38 Å². The van der Waals surface area contributed by atoms with Crippen LogP contribution in [0.25, 0.3) is 15.2 Å². The molecule has 0 aliphatic carbocycles. The number of aromatic nitrogens is 2. The SMILES string of the molecule is N#Cc1cc(=O)n2c(n1)sc1ccccc12. The Morgan fingerprint density at radius 3 is 3.00 bits per heavy atom. The number of hydrogen-bond donors (Lipinski definition) is 0. The number of hydrogen-bond acceptors (Lipinski definition) is 4. The molecule has 0 fully saturated rings. The van der Waals surface area contributed by atoms with Gasteiger partial charge in [-0.15, -0.1) is 0 Å². The average Bonchev–Trinajstić information content (AvgIpc) is 2.67. The van der Waals surface area contributed by atoms with E-state index in [1.807, 2.05) is 30.3 Å². The van der Waals surface area contributed by atoms with E-state index in [-0.39, 0.29) is 11.3 Å². The summed E-state index contributed by atoms with van der Waals surface area (Å²) >= 11 is 1.41. The fourth-order valence-electron chi connectivity index (χ4n) is 1.64. The molecular formula is C11H5N3OS. The summed E-state index contributed by atoms with van der Waals surface area (Å²) < 4.78 is 2.52. The van der Waals surface area contributed by atoms with Crippen LogP contribution < -0.4 is 5.56 Å². The van der Waals surface area contributed by atoms with Gasteiger partial charge in [0.05, 0.1) is 10.2 Å². The van der Waals surface area contributed by atoms with Crippen LogP contribution >= 0.6 is 11.3 Å². The molecule has 0 saturated carbocycles. The molecule has 0 saturated heterocycles. The molecule has 0 N–H and O–H groups in total. The summed E-state index contributed by atoms with van der Waals surface area (Å²) in [5, 5.41) is 8.74. The van der Waals surface area contributed by atoms with Crippen LogP contribution in [0.3, 0.4) is 0 Å². The van der Waals surface area contributed by atoms with Crippen molar-refractivity contribution in [3.63, 3.8) is 0 Å². The van der Waals surface area contributed by atoms with Crippen molar-refractivity contribution in [2.24, 2.45) is 0 Å². The monoisotopic (exact) mass is 227 g/mol. The van der Waals surface area contributed by atoms with E-state index in [0.29, 0.717) is 4.96 Å². The van der Waals surface area contributed by atoms with E-state index in [2.05, 4.69) is 4.98 Å². The van der Waals surface area contributed by atoms with Crippen LogP contribution in [-0.2, 0) is 0 Å². The third-order valence-electron chi connectivity index (χ3n) is 2.31. The minimum Gasteiger partial charge on any atom is -0.269 e. The second-order valence-electron chi connectivity index (χ2n) is 3.28. The fraction of sp³-hybridized carbons (Fsp3) is 0. The van der Waals surface area contributed by atoms with Crippen LogP contribution in [0.4, 0.5) is 0 Å². The summed E-state index contributed by atoms with van der Waals surface area (Å²) in [6.07, 6.45) is 0. The highest BCUT2D eigenvalue weighted by Gasteiger charge is 2.08. The van der Waals surface area contributed by atoms with E-state index in [1.165, 1.54) is 21.8 Å². The van der Waals surface area contributed by atoms with Gasteiger partial charge in [-0.2, -0.15) is 5.26 Å². The number of nitriles is 1. The smallest absolute Gasteiger partial charge is 0.260 e. The Morgan fingerprint density at radius 1 is 1.38 bits per heavy atom. The van der Waals surface area contributed by atoms with Gasteiger partial charge in [0.2, 0.25) is 0 Å². The van der Waals surface area contributed by atoms with Gasteiger partial charge in [-0.1, -0.05) is 23.5 Å². The molecule has 76 valence electrons. The zero-order chi connectivity index (χ0) is 11.1. The van der Waals surface area contributed by atoms with Gasteiger partial charge in [0.25, 0.3) is 5.56 Å². The first kappa shape index (κ1) is 9.07. The molecule has 3 rings (SSSR count). The maximum atomic E-state index is 11.8. The third kappa shape index (κ3) is 1.14. The van der Waals surface area contributed by atoms with Gasteiger partial charge < -0.3 is 0 Å². The van der Waals surface area contributed by atoms with E-state index >= 15 is 0 Å². The van der Waals surface area contributed by atoms with Crippen molar-refractivity contribution in [3.8, 4) is 6.07 Å². The summed E-state index contributed by atoms with van der Waals surface area (Å²) in [5.74, 6) is 0. The fourth-order valence-corrected chi connectivity index (χ4v) is 2.67. The van der Waals surface area contributed by atoms with E-state index in [1.54, 1.807) is 0 Å².